The summed E-state index contributed by atoms with van der Waals surface area (Å²) in [6.45, 7) is 3.47. The van der Waals surface area contributed by atoms with E-state index in [2.05, 4.69) is 12.2 Å². The molecule has 31 heavy (non-hydrogen) atoms. The number of Topliss-reactive ketones (excluding diaryl/α,β-unsaturated/α-hetero) is 1. The third-order valence-electron chi connectivity index (χ3n) is 5.53. The quantitative estimate of drug-likeness (QED) is 0.662. The lowest BCUT2D eigenvalue weighted by molar-refractivity contribution is -0.127. The number of benzene rings is 2. The summed E-state index contributed by atoms with van der Waals surface area (Å²) < 4.78 is 11.2. The van der Waals surface area contributed by atoms with Gasteiger partial charge in [0.05, 0.1) is 5.69 Å². The predicted molar refractivity (Wildman–Crippen MR) is 116 cm³/mol. The maximum absolute atomic E-state index is 12.8. The molecule has 1 aliphatic heterocycles. The molecule has 2 amide bonds. The summed E-state index contributed by atoms with van der Waals surface area (Å²) in [4.78, 5) is 39.3. The molecule has 7 heteroatoms. The number of ether oxygens (including phenoxy) is 2. The van der Waals surface area contributed by atoms with Crippen molar-refractivity contribution >= 4 is 23.3 Å². The first kappa shape index (κ1) is 20.9. The van der Waals surface area contributed by atoms with Crippen LogP contribution >= 0.6 is 0 Å². The van der Waals surface area contributed by atoms with Gasteiger partial charge in [0.2, 0.25) is 5.91 Å². The molecule has 4 rings (SSSR count). The standard InChI is InChI=1S/C24H26N2O5/c1-3-16-5-4-6-19(11-16)30-13-21(27)17-7-10-22-20(12-17)26(23(28)14-31-22)15(2)24(29)25-18-8-9-18/h4-7,10-12,15,18H,3,8-9,13-14H2,1-2H3,(H,25,29). The van der Waals surface area contributed by atoms with Gasteiger partial charge in [-0.3, -0.25) is 19.3 Å². The zero-order valence-electron chi connectivity index (χ0n) is 17.7. The van der Waals surface area contributed by atoms with Crippen LogP contribution in [0.2, 0.25) is 0 Å². The summed E-state index contributed by atoms with van der Waals surface area (Å²) in [7, 11) is 0. The molecular formula is C24H26N2O5. The molecule has 1 aliphatic carbocycles. The van der Waals surface area contributed by atoms with Gasteiger partial charge in [0, 0.05) is 11.6 Å². The number of fused-ring (bicyclic) bond motifs is 1. The van der Waals surface area contributed by atoms with E-state index in [0.717, 1.165) is 24.8 Å². The van der Waals surface area contributed by atoms with Gasteiger partial charge in [0.15, 0.2) is 19.0 Å². The Kier molecular flexibility index (Phi) is 5.93. The third-order valence-corrected chi connectivity index (χ3v) is 5.53. The van der Waals surface area contributed by atoms with Crippen molar-refractivity contribution in [3.8, 4) is 11.5 Å². The number of aryl methyl sites for hydroxylation is 1. The van der Waals surface area contributed by atoms with E-state index in [4.69, 9.17) is 9.47 Å². The summed E-state index contributed by atoms with van der Waals surface area (Å²) in [6.07, 6.45) is 2.81. The highest BCUT2D eigenvalue weighted by Gasteiger charge is 2.35. The van der Waals surface area contributed by atoms with Crippen LogP contribution < -0.4 is 19.7 Å². The van der Waals surface area contributed by atoms with Crippen LogP contribution in [0.25, 0.3) is 0 Å². The summed E-state index contributed by atoms with van der Waals surface area (Å²) >= 11 is 0. The van der Waals surface area contributed by atoms with Crippen molar-refractivity contribution in [3.63, 3.8) is 0 Å². The molecule has 7 nitrogen and oxygen atoms in total. The van der Waals surface area contributed by atoms with Crippen LogP contribution in [0.15, 0.2) is 42.5 Å². The van der Waals surface area contributed by atoms with E-state index >= 15 is 0 Å². The fourth-order valence-electron chi connectivity index (χ4n) is 3.52. The van der Waals surface area contributed by atoms with Gasteiger partial charge in [0.25, 0.3) is 5.91 Å². The minimum Gasteiger partial charge on any atom is -0.485 e. The molecule has 162 valence electrons. The van der Waals surface area contributed by atoms with E-state index < -0.39 is 6.04 Å². The number of carbonyl (C=O) groups is 3. The molecule has 2 aromatic carbocycles. The lowest BCUT2D eigenvalue weighted by Gasteiger charge is -2.33. The first-order valence-electron chi connectivity index (χ1n) is 10.6. The number of amides is 2. The SMILES string of the molecule is CCc1cccc(OCC(=O)c2ccc3c(c2)N(C(C)C(=O)NC2CC2)C(=O)CO3)c1. The van der Waals surface area contributed by atoms with Gasteiger partial charge in [-0.25, -0.2) is 0 Å². The second-order valence-electron chi connectivity index (χ2n) is 7.91. The zero-order chi connectivity index (χ0) is 22.0. The van der Waals surface area contributed by atoms with Crippen molar-refractivity contribution in [2.45, 2.75) is 45.2 Å². The Balaban J connectivity index is 1.51. The first-order valence-corrected chi connectivity index (χ1v) is 10.6. The molecule has 1 N–H and O–H groups in total. The van der Waals surface area contributed by atoms with E-state index in [-0.39, 0.29) is 36.9 Å². The van der Waals surface area contributed by atoms with Gasteiger partial charge in [-0.05, 0) is 62.1 Å². The number of ketones is 1. The molecule has 1 heterocycles. The Hall–Kier alpha value is -3.35. The highest BCUT2D eigenvalue weighted by atomic mass is 16.5. The second-order valence-corrected chi connectivity index (χ2v) is 7.91. The minimum absolute atomic E-state index is 0.127. The Morgan fingerprint density at radius 2 is 2.03 bits per heavy atom. The van der Waals surface area contributed by atoms with Crippen molar-refractivity contribution in [2.75, 3.05) is 18.1 Å². The molecule has 0 radical (unpaired) electrons. The van der Waals surface area contributed by atoms with Crippen molar-refractivity contribution in [1.29, 1.82) is 0 Å². The van der Waals surface area contributed by atoms with E-state index in [1.807, 2.05) is 24.3 Å². The average molecular weight is 422 g/mol. The molecule has 0 aromatic heterocycles. The fraction of sp³-hybridized carbons (Fsp3) is 0.375. The van der Waals surface area contributed by atoms with Crippen molar-refractivity contribution < 1.29 is 23.9 Å². The van der Waals surface area contributed by atoms with Gasteiger partial charge in [0.1, 0.15) is 17.5 Å². The van der Waals surface area contributed by atoms with E-state index in [1.165, 1.54) is 4.90 Å². The maximum atomic E-state index is 12.8. The van der Waals surface area contributed by atoms with Crippen LogP contribution in [0.1, 0.15) is 42.6 Å². The predicted octanol–water partition coefficient (Wildman–Crippen LogP) is 2.90. The molecule has 2 aliphatic rings. The van der Waals surface area contributed by atoms with E-state index in [9.17, 15) is 14.4 Å². The number of nitrogens with one attached hydrogen (secondary N) is 1. The summed E-state index contributed by atoms with van der Waals surface area (Å²) in [5, 5.41) is 2.93. The van der Waals surface area contributed by atoms with Crippen molar-refractivity contribution in [3.05, 3.63) is 53.6 Å². The number of hydrogen-bond acceptors (Lipinski definition) is 5. The molecule has 2 aromatic rings. The van der Waals surface area contributed by atoms with Crippen LogP contribution in [-0.4, -0.2) is 42.9 Å². The molecule has 1 saturated carbocycles. The van der Waals surface area contributed by atoms with E-state index in [1.54, 1.807) is 25.1 Å². The minimum atomic E-state index is -0.700. The highest BCUT2D eigenvalue weighted by Crippen LogP contribution is 2.35. The molecular weight excluding hydrogens is 396 g/mol. The average Bonchev–Trinajstić information content (AvgIpc) is 3.60. The number of carbonyl (C=O) groups excluding carboxylic acids is 3. The van der Waals surface area contributed by atoms with Gasteiger partial charge in [-0.2, -0.15) is 0 Å². The van der Waals surface area contributed by atoms with Crippen LogP contribution in [0.4, 0.5) is 5.69 Å². The van der Waals surface area contributed by atoms with Crippen LogP contribution in [-0.2, 0) is 16.0 Å². The Labute approximate surface area is 181 Å². The Morgan fingerprint density at radius 1 is 1.23 bits per heavy atom. The fourth-order valence-corrected chi connectivity index (χ4v) is 3.52. The topological polar surface area (TPSA) is 84.9 Å². The van der Waals surface area contributed by atoms with E-state index in [0.29, 0.717) is 22.7 Å². The normalized spacial score (nSPS) is 16.2. The molecule has 0 spiro atoms. The van der Waals surface area contributed by atoms with Crippen LogP contribution in [0.5, 0.6) is 11.5 Å². The van der Waals surface area contributed by atoms with Gasteiger partial charge >= 0.3 is 0 Å². The molecule has 0 saturated heterocycles. The number of anilines is 1. The number of rotatable bonds is 8. The maximum Gasteiger partial charge on any atom is 0.265 e. The van der Waals surface area contributed by atoms with Gasteiger partial charge in [-0.15, -0.1) is 0 Å². The van der Waals surface area contributed by atoms with Crippen LogP contribution in [0.3, 0.4) is 0 Å². The summed E-state index contributed by atoms with van der Waals surface area (Å²) in [6, 6.07) is 12.0. The monoisotopic (exact) mass is 422 g/mol. The Bertz CT molecular complexity index is 1010. The smallest absolute Gasteiger partial charge is 0.265 e. The van der Waals surface area contributed by atoms with Gasteiger partial charge < -0.3 is 14.8 Å². The van der Waals surface area contributed by atoms with Crippen LogP contribution in [0, 0.1) is 0 Å². The van der Waals surface area contributed by atoms with Crippen molar-refractivity contribution in [1.82, 2.24) is 5.32 Å². The highest BCUT2D eigenvalue weighted by molar-refractivity contribution is 6.06. The number of hydrogen-bond donors (Lipinski definition) is 1. The molecule has 1 atom stereocenters. The summed E-state index contributed by atoms with van der Waals surface area (Å²) in [5.41, 5.74) is 1.94. The van der Waals surface area contributed by atoms with Crippen molar-refractivity contribution in [2.24, 2.45) is 0 Å². The lowest BCUT2D eigenvalue weighted by atomic mass is 10.1. The van der Waals surface area contributed by atoms with Gasteiger partial charge in [-0.1, -0.05) is 19.1 Å². The Morgan fingerprint density at radius 3 is 2.77 bits per heavy atom. The lowest BCUT2D eigenvalue weighted by Crippen LogP contribution is -2.51. The largest absolute Gasteiger partial charge is 0.485 e. The number of nitrogens with zero attached hydrogens (tertiary/aromatic N) is 1. The molecule has 1 fully saturated rings. The zero-order valence-corrected chi connectivity index (χ0v) is 17.7. The second kappa shape index (κ2) is 8.79. The third kappa shape index (κ3) is 4.71. The first-order chi connectivity index (χ1) is 15.0. The summed E-state index contributed by atoms with van der Waals surface area (Å²) in [5.74, 6) is 0.357. The molecule has 1 unspecified atom stereocenters. The molecule has 0 bridgehead atoms.